The first kappa shape index (κ1) is 24.9. The number of halogens is 3. The summed E-state index contributed by atoms with van der Waals surface area (Å²) in [5, 5.41) is 5.33. The lowest BCUT2D eigenvalue weighted by Crippen LogP contribution is -2.23. The van der Waals surface area contributed by atoms with E-state index >= 15 is 0 Å². The molecule has 3 aromatic carbocycles. The molecule has 0 aliphatic heterocycles. The van der Waals surface area contributed by atoms with E-state index in [-0.39, 0.29) is 23.9 Å². The van der Waals surface area contributed by atoms with Gasteiger partial charge in [-0.2, -0.15) is 9.78 Å². The lowest BCUT2D eigenvalue weighted by molar-refractivity contribution is 0.284. The highest BCUT2D eigenvalue weighted by atomic mass is 79.9. The van der Waals surface area contributed by atoms with Gasteiger partial charge in [-0.05, 0) is 42.0 Å². The van der Waals surface area contributed by atoms with Crippen molar-refractivity contribution in [1.29, 1.82) is 0 Å². The summed E-state index contributed by atoms with van der Waals surface area (Å²) >= 11 is 9.71. The summed E-state index contributed by atoms with van der Waals surface area (Å²) in [5.41, 5.74) is 1.58. The zero-order valence-corrected chi connectivity index (χ0v) is 21.6. The highest BCUT2D eigenvalue weighted by Crippen LogP contribution is 2.34. The van der Waals surface area contributed by atoms with Gasteiger partial charge in [-0.25, -0.2) is 9.37 Å². The maximum Gasteiger partial charge on any atom is 0.282 e. The van der Waals surface area contributed by atoms with Crippen LogP contribution in [-0.4, -0.2) is 23.0 Å². The summed E-state index contributed by atoms with van der Waals surface area (Å²) < 4.78 is 26.8. The number of hydrogen-bond donors (Lipinski definition) is 0. The SMILES string of the molecule is COc1cc(Cl)cc(C=Nn2c(C(C)C)nc3ccc(Br)cc3c2=O)c1OCc1ccc(F)cc1. The van der Waals surface area contributed by atoms with Crippen LogP contribution in [0.4, 0.5) is 4.39 Å². The maximum atomic E-state index is 13.3. The second kappa shape index (κ2) is 10.6. The molecule has 0 unspecified atom stereocenters. The predicted molar refractivity (Wildman–Crippen MR) is 140 cm³/mol. The number of nitrogens with zero attached hydrogens (tertiary/aromatic N) is 3. The van der Waals surface area contributed by atoms with Crippen LogP contribution in [0.1, 0.15) is 36.7 Å². The third-order valence-corrected chi connectivity index (χ3v) is 5.94. The molecule has 0 fully saturated rings. The van der Waals surface area contributed by atoms with Crippen LogP contribution in [0.25, 0.3) is 10.9 Å². The van der Waals surface area contributed by atoms with Crippen molar-refractivity contribution in [3.8, 4) is 11.5 Å². The fourth-order valence-corrected chi connectivity index (χ4v) is 4.08. The number of fused-ring (bicyclic) bond motifs is 1. The molecule has 0 saturated carbocycles. The molecule has 0 aliphatic carbocycles. The number of rotatable bonds is 7. The number of hydrogen-bond acceptors (Lipinski definition) is 5. The number of methoxy groups -OCH3 is 1. The molecule has 0 saturated heterocycles. The molecule has 4 aromatic rings. The van der Waals surface area contributed by atoms with E-state index in [0.717, 1.165) is 10.0 Å². The van der Waals surface area contributed by atoms with Crippen LogP contribution in [0.3, 0.4) is 0 Å². The Morgan fingerprint density at radius 2 is 1.91 bits per heavy atom. The van der Waals surface area contributed by atoms with Gasteiger partial charge < -0.3 is 9.47 Å². The highest BCUT2D eigenvalue weighted by Gasteiger charge is 2.16. The Labute approximate surface area is 215 Å². The van der Waals surface area contributed by atoms with Gasteiger partial charge in [0.05, 0.1) is 24.2 Å². The van der Waals surface area contributed by atoms with Crippen molar-refractivity contribution < 1.29 is 13.9 Å². The van der Waals surface area contributed by atoms with Crippen LogP contribution in [0.5, 0.6) is 11.5 Å². The molecular weight excluding hydrogens is 537 g/mol. The standard InChI is InChI=1S/C26H22BrClFN3O3/c1-15(2)25-31-22-9-6-18(27)11-21(22)26(33)32(25)30-13-17-10-19(28)12-23(34-3)24(17)35-14-16-4-7-20(29)8-5-16/h4-13,15H,14H2,1-3H3. The zero-order chi connectivity index (χ0) is 25.1. The number of aromatic nitrogens is 2. The van der Waals surface area contributed by atoms with Crippen molar-refractivity contribution in [3.05, 3.63) is 97.2 Å². The largest absolute Gasteiger partial charge is 0.493 e. The predicted octanol–water partition coefficient (Wildman–Crippen LogP) is 6.54. The third-order valence-electron chi connectivity index (χ3n) is 5.23. The van der Waals surface area contributed by atoms with E-state index in [0.29, 0.717) is 38.8 Å². The van der Waals surface area contributed by atoms with Crippen molar-refractivity contribution in [1.82, 2.24) is 9.66 Å². The molecular formula is C26H22BrClFN3O3. The Hall–Kier alpha value is -3.23. The molecule has 9 heteroatoms. The molecule has 0 atom stereocenters. The van der Waals surface area contributed by atoms with Crippen molar-refractivity contribution in [2.45, 2.75) is 26.4 Å². The van der Waals surface area contributed by atoms with Crippen molar-refractivity contribution >= 4 is 44.6 Å². The van der Waals surface area contributed by atoms with Gasteiger partial charge in [0.2, 0.25) is 0 Å². The van der Waals surface area contributed by atoms with E-state index in [9.17, 15) is 9.18 Å². The lowest BCUT2D eigenvalue weighted by Gasteiger charge is -2.15. The molecule has 0 bridgehead atoms. The van der Waals surface area contributed by atoms with Gasteiger partial charge in [0.1, 0.15) is 18.2 Å². The van der Waals surface area contributed by atoms with E-state index in [1.807, 2.05) is 19.9 Å². The van der Waals surface area contributed by atoms with Gasteiger partial charge >= 0.3 is 0 Å². The van der Waals surface area contributed by atoms with E-state index in [1.165, 1.54) is 30.1 Å². The van der Waals surface area contributed by atoms with Crippen LogP contribution in [-0.2, 0) is 6.61 Å². The van der Waals surface area contributed by atoms with Gasteiger partial charge in [0.15, 0.2) is 11.5 Å². The van der Waals surface area contributed by atoms with E-state index in [4.69, 9.17) is 21.1 Å². The van der Waals surface area contributed by atoms with Crippen LogP contribution >= 0.6 is 27.5 Å². The van der Waals surface area contributed by atoms with Crippen LogP contribution < -0.4 is 15.0 Å². The Morgan fingerprint density at radius 3 is 2.60 bits per heavy atom. The Morgan fingerprint density at radius 1 is 1.17 bits per heavy atom. The summed E-state index contributed by atoms with van der Waals surface area (Å²) in [5.74, 6) is 0.923. The Balaban J connectivity index is 1.78. The van der Waals surface area contributed by atoms with Gasteiger partial charge in [0, 0.05) is 27.0 Å². The summed E-state index contributed by atoms with van der Waals surface area (Å²) in [4.78, 5) is 18.0. The Bertz CT molecular complexity index is 1470. The minimum atomic E-state index is -0.326. The van der Waals surface area contributed by atoms with Gasteiger partial charge in [-0.1, -0.05) is 53.5 Å². The Kier molecular flexibility index (Phi) is 7.52. The molecule has 35 heavy (non-hydrogen) atoms. The number of benzene rings is 3. The smallest absolute Gasteiger partial charge is 0.282 e. The molecule has 0 radical (unpaired) electrons. The quantitative estimate of drug-likeness (QED) is 0.242. The van der Waals surface area contributed by atoms with Gasteiger partial charge in [-0.15, -0.1) is 0 Å². The van der Waals surface area contributed by atoms with Gasteiger partial charge in [0.25, 0.3) is 5.56 Å². The van der Waals surface area contributed by atoms with Gasteiger partial charge in [-0.3, -0.25) is 4.79 Å². The summed E-state index contributed by atoms with van der Waals surface area (Å²) in [7, 11) is 1.50. The molecule has 1 heterocycles. The van der Waals surface area contributed by atoms with E-state index in [1.54, 1.807) is 36.4 Å². The second-order valence-corrected chi connectivity index (χ2v) is 9.44. The van der Waals surface area contributed by atoms with E-state index in [2.05, 4.69) is 26.0 Å². The summed E-state index contributed by atoms with van der Waals surface area (Å²) in [6.07, 6.45) is 1.49. The summed E-state index contributed by atoms with van der Waals surface area (Å²) in [6, 6.07) is 14.7. The second-order valence-electron chi connectivity index (χ2n) is 8.09. The topological polar surface area (TPSA) is 65.7 Å². The molecule has 0 spiro atoms. The molecule has 0 aliphatic rings. The van der Waals surface area contributed by atoms with Crippen molar-refractivity contribution in [2.24, 2.45) is 5.10 Å². The van der Waals surface area contributed by atoms with Crippen LogP contribution in [0.15, 0.2) is 69.0 Å². The zero-order valence-electron chi connectivity index (χ0n) is 19.3. The average molecular weight is 559 g/mol. The molecule has 180 valence electrons. The first-order chi connectivity index (χ1) is 16.8. The monoisotopic (exact) mass is 557 g/mol. The fourth-order valence-electron chi connectivity index (χ4n) is 3.50. The first-order valence-corrected chi connectivity index (χ1v) is 11.9. The summed E-state index contributed by atoms with van der Waals surface area (Å²) in [6.45, 7) is 4.05. The normalized spacial score (nSPS) is 11.5. The van der Waals surface area contributed by atoms with Crippen LogP contribution in [0, 0.1) is 5.82 Å². The minimum absolute atomic E-state index is 0.0593. The highest BCUT2D eigenvalue weighted by molar-refractivity contribution is 9.10. The van der Waals surface area contributed by atoms with Crippen molar-refractivity contribution in [3.63, 3.8) is 0 Å². The molecule has 1 aromatic heterocycles. The molecule has 6 nitrogen and oxygen atoms in total. The lowest BCUT2D eigenvalue weighted by atomic mass is 10.2. The minimum Gasteiger partial charge on any atom is -0.493 e. The fraction of sp³-hybridized carbons (Fsp3) is 0.192. The molecule has 0 amide bonds. The average Bonchev–Trinajstić information content (AvgIpc) is 2.83. The number of ether oxygens (including phenoxy) is 2. The first-order valence-electron chi connectivity index (χ1n) is 10.8. The van der Waals surface area contributed by atoms with Crippen LogP contribution in [0.2, 0.25) is 5.02 Å². The maximum absolute atomic E-state index is 13.3. The van der Waals surface area contributed by atoms with Crippen molar-refractivity contribution in [2.75, 3.05) is 7.11 Å². The molecule has 0 N–H and O–H groups in total. The molecule has 4 rings (SSSR count). The third kappa shape index (κ3) is 5.55. The van der Waals surface area contributed by atoms with E-state index < -0.39 is 0 Å².